The lowest BCUT2D eigenvalue weighted by Gasteiger charge is -2.12. The Morgan fingerprint density at radius 1 is 1.27 bits per heavy atom. The van der Waals surface area contributed by atoms with Crippen LogP contribution in [-0.4, -0.2) is 13.1 Å². The van der Waals surface area contributed by atoms with Crippen LogP contribution in [0, 0.1) is 0 Å². The van der Waals surface area contributed by atoms with E-state index in [1.54, 1.807) is 0 Å². The summed E-state index contributed by atoms with van der Waals surface area (Å²) in [5.41, 5.74) is 2.33. The SMILES string of the molecule is CCc1ccc(C(CC)C(=O)OC)cc1. The standard InChI is InChI=1S/C13H18O2/c1-4-10-6-8-11(9-7-10)12(5-2)13(14)15-3/h6-9,12H,4-5H2,1-3H3. The molecule has 2 heteroatoms. The number of benzene rings is 1. The van der Waals surface area contributed by atoms with Crippen LogP contribution < -0.4 is 0 Å². The van der Waals surface area contributed by atoms with Crippen LogP contribution in [0.4, 0.5) is 0 Å². The van der Waals surface area contributed by atoms with Crippen LogP contribution >= 0.6 is 0 Å². The highest BCUT2D eigenvalue weighted by atomic mass is 16.5. The van der Waals surface area contributed by atoms with E-state index in [4.69, 9.17) is 4.74 Å². The Labute approximate surface area is 91.3 Å². The van der Waals surface area contributed by atoms with Gasteiger partial charge in [-0.25, -0.2) is 0 Å². The zero-order valence-corrected chi connectivity index (χ0v) is 9.62. The minimum absolute atomic E-state index is 0.124. The van der Waals surface area contributed by atoms with Crippen molar-refractivity contribution < 1.29 is 9.53 Å². The van der Waals surface area contributed by atoms with E-state index >= 15 is 0 Å². The minimum Gasteiger partial charge on any atom is -0.469 e. The van der Waals surface area contributed by atoms with Crippen molar-refractivity contribution in [2.75, 3.05) is 7.11 Å². The predicted molar refractivity (Wildman–Crippen MR) is 60.9 cm³/mol. The Hall–Kier alpha value is -1.31. The zero-order valence-electron chi connectivity index (χ0n) is 9.62. The number of carbonyl (C=O) groups excluding carboxylic acids is 1. The summed E-state index contributed by atoms with van der Waals surface area (Å²) in [7, 11) is 1.44. The van der Waals surface area contributed by atoms with Gasteiger partial charge >= 0.3 is 5.97 Å². The summed E-state index contributed by atoms with van der Waals surface area (Å²) in [6.45, 7) is 4.11. The third kappa shape index (κ3) is 2.82. The number of methoxy groups -OCH3 is 1. The first-order valence-corrected chi connectivity index (χ1v) is 5.39. The van der Waals surface area contributed by atoms with Crippen LogP contribution in [-0.2, 0) is 16.0 Å². The van der Waals surface area contributed by atoms with Gasteiger partial charge < -0.3 is 4.74 Å². The summed E-state index contributed by atoms with van der Waals surface area (Å²) in [4.78, 5) is 11.5. The number of rotatable bonds is 4. The Morgan fingerprint density at radius 2 is 1.87 bits per heavy atom. The summed E-state index contributed by atoms with van der Waals surface area (Å²) in [5.74, 6) is -0.275. The van der Waals surface area contributed by atoms with Crippen molar-refractivity contribution in [1.82, 2.24) is 0 Å². The van der Waals surface area contributed by atoms with Crippen LogP contribution in [0.25, 0.3) is 0 Å². The zero-order chi connectivity index (χ0) is 11.3. The number of ether oxygens (including phenoxy) is 1. The molecule has 1 atom stereocenters. The van der Waals surface area contributed by atoms with Gasteiger partial charge in [0.1, 0.15) is 0 Å². The molecular formula is C13H18O2. The molecule has 1 rings (SSSR count). The molecule has 2 nitrogen and oxygen atoms in total. The molecule has 15 heavy (non-hydrogen) atoms. The molecule has 0 spiro atoms. The normalized spacial score (nSPS) is 12.2. The number of hydrogen-bond donors (Lipinski definition) is 0. The summed E-state index contributed by atoms with van der Waals surface area (Å²) in [6.07, 6.45) is 1.80. The van der Waals surface area contributed by atoms with Crippen molar-refractivity contribution in [3.63, 3.8) is 0 Å². The van der Waals surface area contributed by atoms with E-state index in [2.05, 4.69) is 19.1 Å². The molecule has 1 aromatic rings. The average Bonchev–Trinajstić information content (AvgIpc) is 2.30. The van der Waals surface area contributed by atoms with Crippen molar-refractivity contribution in [3.8, 4) is 0 Å². The molecule has 0 aliphatic carbocycles. The van der Waals surface area contributed by atoms with E-state index < -0.39 is 0 Å². The largest absolute Gasteiger partial charge is 0.469 e. The third-order valence-electron chi connectivity index (χ3n) is 2.68. The fourth-order valence-corrected chi connectivity index (χ4v) is 1.67. The highest BCUT2D eigenvalue weighted by molar-refractivity contribution is 5.77. The fraction of sp³-hybridized carbons (Fsp3) is 0.462. The Morgan fingerprint density at radius 3 is 2.27 bits per heavy atom. The van der Waals surface area contributed by atoms with Gasteiger partial charge in [0.05, 0.1) is 13.0 Å². The molecule has 1 unspecified atom stereocenters. The minimum atomic E-state index is -0.151. The molecular weight excluding hydrogens is 188 g/mol. The average molecular weight is 206 g/mol. The Bertz CT molecular complexity index is 314. The molecule has 0 bridgehead atoms. The van der Waals surface area contributed by atoms with Crippen LogP contribution in [0.2, 0.25) is 0 Å². The van der Waals surface area contributed by atoms with E-state index in [9.17, 15) is 4.79 Å². The molecule has 0 heterocycles. The smallest absolute Gasteiger partial charge is 0.313 e. The molecule has 1 aromatic carbocycles. The van der Waals surface area contributed by atoms with Crippen molar-refractivity contribution >= 4 is 5.97 Å². The van der Waals surface area contributed by atoms with Crippen LogP contribution in [0.1, 0.15) is 37.3 Å². The lowest BCUT2D eigenvalue weighted by Crippen LogP contribution is -2.13. The maximum atomic E-state index is 11.5. The summed E-state index contributed by atoms with van der Waals surface area (Å²) >= 11 is 0. The van der Waals surface area contributed by atoms with Gasteiger partial charge in [-0.05, 0) is 24.0 Å². The molecule has 0 radical (unpaired) electrons. The van der Waals surface area contributed by atoms with Crippen molar-refractivity contribution in [2.45, 2.75) is 32.6 Å². The van der Waals surface area contributed by atoms with Crippen molar-refractivity contribution in [3.05, 3.63) is 35.4 Å². The fourth-order valence-electron chi connectivity index (χ4n) is 1.67. The van der Waals surface area contributed by atoms with Gasteiger partial charge in [0.15, 0.2) is 0 Å². The monoisotopic (exact) mass is 206 g/mol. The van der Waals surface area contributed by atoms with E-state index in [1.807, 2.05) is 19.1 Å². The summed E-state index contributed by atoms with van der Waals surface area (Å²) < 4.78 is 4.78. The van der Waals surface area contributed by atoms with E-state index in [0.29, 0.717) is 0 Å². The van der Waals surface area contributed by atoms with Gasteiger partial charge in [0.2, 0.25) is 0 Å². The second-order valence-electron chi connectivity index (χ2n) is 3.58. The maximum absolute atomic E-state index is 11.5. The summed E-state index contributed by atoms with van der Waals surface area (Å²) in [6, 6.07) is 8.18. The van der Waals surface area contributed by atoms with Crippen LogP contribution in [0.15, 0.2) is 24.3 Å². The second-order valence-corrected chi connectivity index (χ2v) is 3.58. The first kappa shape index (κ1) is 11.8. The van der Waals surface area contributed by atoms with E-state index in [-0.39, 0.29) is 11.9 Å². The summed E-state index contributed by atoms with van der Waals surface area (Å²) in [5, 5.41) is 0. The molecule has 0 saturated heterocycles. The number of aryl methyl sites for hydroxylation is 1. The number of hydrogen-bond acceptors (Lipinski definition) is 2. The van der Waals surface area contributed by atoms with Gasteiger partial charge in [-0.2, -0.15) is 0 Å². The van der Waals surface area contributed by atoms with E-state index in [1.165, 1.54) is 12.7 Å². The Kier molecular flexibility index (Phi) is 4.35. The lowest BCUT2D eigenvalue weighted by molar-refractivity contribution is -0.142. The molecule has 0 aliphatic heterocycles. The Balaban J connectivity index is 2.87. The topological polar surface area (TPSA) is 26.3 Å². The van der Waals surface area contributed by atoms with E-state index in [0.717, 1.165) is 18.4 Å². The molecule has 0 aliphatic rings. The lowest BCUT2D eigenvalue weighted by atomic mass is 9.95. The van der Waals surface area contributed by atoms with Crippen molar-refractivity contribution in [1.29, 1.82) is 0 Å². The first-order chi connectivity index (χ1) is 7.22. The highest BCUT2D eigenvalue weighted by Gasteiger charge is 2.18. The molecule has 0 fully saturated rings. The second kappa shape index (κ2) is 5.54. The highest BCUT2D eigenvalue weighted by Crippen LogP contribution is 2.21. The molecule has 0 saturated carbocycles. The third-order valence-corrected chi connectivity index (χ3v) is 2.68. The molecule has 0 aromatic heterocycles. The van der Waals surface area contributed by atoms with Crippen LogP contribution in [0.3, 0.4) is 0 Å². The van der Waals surface area contributed by atoms with Gasteiger partial charge in [-0.15, -0.1) is 0 Å². The van der Waals surface area contributed by atoms with Gasteiger partial charge in [-0.3, -0.25) is 4.79 Å². The van der Waals surface area contributed by atoms with Gasteiger partial charge in [0.25, 0.3) is 0 Å². The number of esters is 1. The first-order valence-electron chi connectivity index (χ1n) is 5.39. The van der Waals surface area contributed by atoms with Crippen molar-refractivity contribution in [2.24, 2.45) is 0 Å². The molecule has 0 amide bonds. The van der Waals surface area contributed by atoms with Gasteiger partial charge in [-0.1, -0.05) is 38.1 Å². The van der Waals surface area contributed by atoms with Crippen LogP contribution in [0.5, 0.6) is 0 Å². The quantitative estimate of drug-likeness (QED) is 0.708. The molecule has 82 valence electrons. The molecule has 0 N–H and O–H groups in total. The van der Waals surface area contributed by atoms with Gasteiger partial charge in [0, 0.05) is 0 Å². The number of carbonyl (C=O) groups is 1. The predicted octanol–water partition coefficient (Wildman–Crippen LogP) is 2.92. The maximum Gasteiger partial charge on any atom is 0.313 e.